The molecule has 0 radical (unpaired) electrons. The summed E-state index contributed by atoms with van der Waals surface area (Å²) in [4.78, 5) is 68.9. The van der Waals surface area contributed by atoms with Crippen LogP contribution < -0.4 is 27.4 Å². The average Bonchev–Trinajstić information content (AvgIpc) is 2.56. The van der Waals surface area contributed by atoms with Crippen molar-refractivity contribution in [3.8, 4) is 0 Å². The number of hydrogen-bond donors (Lipinski definition) is 8. The maximum atomic E-state index is 12.3. The van der Waals surface area contributed by atoms with Gasteiger partial charge in [0.25, 0.3) is 0 Å². The monoisotopic (exact) mass is 405 g/mol. The predicted octanol–water partition coefficient (Wildman–Crippen LogP) is -4.78. The van der Waals surface area contributed by atoms with E-state index in [0.29, 0.717) is 0 Å². The quantitative estimate of drug-likeness (QED) is 0.154. The van der Waals surface area contributed by atoms with Crippen LogP contribution >= 0.6 is 0 Å². The van der Waals surface area contributed by atoms with Crippen molar-refractivity contribution in [2.75, 3.05) is 6.54 Å². The number of carboxylic acid groups (broad SMARTS) is 2. The van der Waals surface area contributed by atoms with Gasteiger partial charge in [-0.1, -0.05) is 0 Å². The molecule has 0 saturated carbocycles. The zero-order valence-corrected chi connectivity index (χ0v) is 14.9. The van der Waals surface area contributed by atoms with Crippen molar-refractivity contribution in [1.82, 2.24) is 16.0 Å². The highest BCUT2D eigenvalue weighted by Crippen LogP contribution is 2.01. The zero-order chi connectivity index (χ0) is 22.0. The van der Waals surface area contributed by atoms with Crippen LogP contribution in [0.25, 0.3) is 0 Å². The normalized spacial score (nSPS) is 14.7. The van der Waals surface area contributed by atoms with Crippen LogP contribution in [0.1, 0.15) is 19.8 Å². The van der Waals surface area contributed by atoms with Crippen LogP contribution in [-0.2, 0) is 28.8 Å². The Bertz CT molecular complexity index is 637. The molecule has 0 aromatic carbocycles. The lowest BCUT2D eigenvalue weighted by atomic mass is 10.1. The van der Waals surface area contributed by atoms with Gasteiger partial charge in [-0.05, 0) is 6.92 Å². The molecule has 158 valence electrons. The SMILES string of the molecule is CC(O)C(NC(=O)C(CC(N)=O)NC(=O)C(CC(=O)O)NC(=O)CN)C(=O)O. The lowest BCUT2D eigenvalue weighted by Gasteiger charge is -2.24. The molecule has 0 aromatic heterocycles. The van der Waals surface area contributed by atoms with Crippen molar-refractivity contribution in [2.24, 2.45) is 11.5 Å². The van der Waals surface area contributed by atoms with E-state index in [1.165, 1.54) is 0 Å². The van der Waals surface area contributed by atoms with Gasteiger partial charge in [-0.15, -0.1) is 0 Å². The first-order valence-corrected chi connectivity index (χ1v) is 7.90. The van der Waals surface area contributed by atoms with Gasteiger partial charge in [-0.25, -0.2) is 4.79 Å². The number of hydrogen-bond acceptors (Lipinski definition) is 8. The number of carbonyl (C=O) groups is 6. The molecule has 4 amide bonds. The van der Waals surface area contributed by atoms with Crippen LogP contribution in [0.15, 0.2) is 0 Å². The molecular weight excluding hydrogens is 382 g/mol. The summed E-state index contributed by atoms with van der Waals surface area (Å²) in [5, 5.41) is 33.2. The highest BCUT2D eigenvalue weighted by Gasteiger charge is 2.32. The smallest absolute Gasteiger partial charge is 0.328 e. The second-order valence-electron chi connectivity index (χ2n) is 5.72. The Balaban J connectivity index is 5.41. The molecule has 0 heterocycles. The molecule has 10 N–H and O–H groups in total. The van der Waals surface area contributed by atoms with E-state index in [0.717, 1.165) is 6.92 Å². The average molecular weight is 405 g/mol. The van der Waals surface area contributed by atoms with Crippen LogP contribution in [0.5, 0.6) is 0 Å². The topological polar surface area (TPSA) is 251 Å². The first-order valence-electron chi connectivity index (χ1n) is 7.90. The maximum Gasteiger partial charge on any atom is 0.328 e. The van der Waals surface area contributed by atoms with Gasteiger partial charge in [0, 0.05) is 0 Å². The molecular formula is C14H23N5O9. The van der Waals surface area contributed by atoms with Gasteiger partial charge in [0.2, 0.25) is 23.6 Å². The van der Waals surface area contributed by atoms with Crippen molar-refractivity contribution in [1.29, 1.82) is 0 Å². The van der Waals surface area contributed by atoms with Gasteiger partial charge in [-0.3, -0.25) is 24.0 Å². The van der Waals surface area contributed by atoms with E-state index in [4.69, 9.17) is 21.7 Å². The Kier molecular flexibility index (Phi) is 10.1. The number of aliphatic hydroxyl groups excluding tert-OH is 1. The molecule has 4 atom stereocenters. The zero-order valence-electron chi connectivity index (χ0n) is 14.9. The highest BCUT2D eigenvalue weighted by molar-refractivity contribution is 5.96. The number of amides is 4. The second kappa shape index (κ2) is 11.5. The summed E-state index contributed by atoms with van der Waals surface area (Å²) in [6.45, 7) is 0.551. The predicted molar refractivity (Wildman–Crippen MR) is 90.2 cm³/mol. The molecule has 0 bridgehead atoms. The summed E-state index contributed by atoms with van der Waals surface area (Å²) in [5.74, 6) is -7.23. The summed E-state index contributed by atoms with van der Waals surface area (Å²) in [6.07, 6.45) is -3.11. The van der Waals surface area contributed by atoms with Crippen molar-refractivity contribution in [2.45, 2.75) is 44.0 Å². The molecule has 28 heavy (non-hydrogen) atoms. The molecule has 0 fully saturated rings. The van der Waals surface area contributed by atoms with Gasteiger partial charge >= 0.3 is 11.9 Å². The van der Waals surface area contributed by atoms with Crippen LogP contribution in [0.2, 0.25) is 0 Å². The fraction of sp³-hybridized carbons (Fsp3) is 0.571. The fourth-order valence-corrected chi connectivity index (χ4v) is 1.96. The fourth-order valence-electron chi connectivity index (χ4n) is 1.96. The lowest BCUT2D eigenvalue weighted by Crippen LogP contribution is -2.58. The number of nitrogens with one attached hydrogen (secondary N) is 3. The van der Waals surface area contributed by atoms with Crippen molar-refractivity contribution in [3.63, 3.8) is 0 Å². The minimum Gasteiger partial charge on any atom is -0.481 e. The Morgan fingerprint density at radius 3 is 1.79 bits per heavy atom. The molecule has 4 unspecified atom stereocenters. The molecule has 14 nitrogen and oxygen atoms in total. The van der Waals surface area contributed by atoms with Gasteiger partial charge < -0.3 is 42.7 Å². The van der Waals surface area contributed by atoms with Crippen LogP contribution in [0.3, 0.4) is 0 Å². The summed E-state index contributed by atoms with van der Waals surface area (Å²) in [5.41, 5.74) is 10.1. The van der Waals surface area contributed by atoms with Gasteiger partial charge in [-0.2, -0.15) is 0 Å². The van der Waals surface area contributed by atoms with Gasteiger partial charge in [0.1, 0.15) is 12.1 Å². The standard InChI is InChI=1S/C14H23N5O9/c1-5(20)11(14(27)28)19-13(26)6(2-8(16)21)18-12(25)7(3-10(23)24)17-9(22)4-15/h5-7,11,20H,2-4,15H2,1H3,(H2,16,21)(H,17,22)(H,18,25)(H,19,26)(H,23,24)(H,27,28). The van der Waals surface area contributed by atoms with E-state index in [1.807, 2.05) is 16.0 Å². The third kappa shape index (κ3) is 8.91. The Hall–Kier alpha value is -3.26. The molecule has 0 aliphatic heterocycles. The second-order valence-corrected chi connectivity index (χ2v) is 5.72. The van der Waals surface area contributed by atoms with E-state index in [-0.39, 0.29) is 0 Å². The van der Waals surface area contributed by atoms with Crippen LogP contribution in [0, 0.1) is 0 Å². The highest BCUT2D eigenvalue weighted by atomic mass is 16.4. The first kappa shape index (κ1) is 24.7. The number of nitrogens with two attached hydrogens (primary N) is 2. The largest absolute Gasteiger partial charge is 0.481 e. The number of rotatable bonds is 12. The first-order chi connectivity index (χ1) is 12.9. The lowest BCUT2D eigenvalue weighted by molar-refractivity contribution is -0.145. The third-order valence-corrected chi connectivity index (χ3v) is 3.30. The molecule has 0 spiro atoms. The molecule has 0 aliphatic carbocycles. The minimum atomic E-state index is -1.74. The number of aliphatic hydroxyl groups is 1. The van der Waals surface area contributed by atoms with Gasteiger partial charge in [0.15, 0.2) is 6.04 Å². The minimum absolute atomic E-state index is 0.538. The summed E-state index contributed by atoms with van der Waals surface area (Å²) >= 11 is 0. The molecule has 0 aromatic rings. The summed E-state index contributed by atoms with van der Waals surface area (Å²) in [6, 6.07) is -5.05. The number of aliphatic carboxylic acids is 2. The summed E-state index contributed by atoms with van der Waals surface area (Å²) < 4.78 is 0. The Morgan fingerprint density at radius 2 is 1.39 bits per heavy atom. The molecule has 14 heteroatoms. The molecule has 0 aliphatic rings. The Morgan fingerprint density at radius 1 is 0.893 bits per heavy atom. The van der Waals surface area contributed by atoms with Crippen LogP contribution in [-0.4, -0.2) is 81.7 Å². The molecule has 0 saturated heterocycles. The number of carboxylic acids is 2. The third-order valence-electron chi connectivity index (χ3n) is 3.30. The van der Waals surface area contributed by atoms with E-state index >= 15 is 0 Å². The van der Waals surface area contributed by atoms with Crippen molar-refractivity contribution < 1.29 is 44.1 Å². The van der Waals surface area contributed by atoms with E-state index in [1.54, 1.807) is 0 Å². The van der Waals surface area contributed by atoms with Crippen LogP contribution in [0.4, 0.5) is 0 Å². The van der Waals surface area contributed by atoms with Gasteiger partial charge in [0.05, 0.1) is 25.5 Å². The number of carbonyl (C=O) groups excluding carboxylic acids is 4. The maximum absolute atomic E-state index is 12.3. The summed E-state index contributed by atoms with van der Waals surface area (Å²) in [7, 11) is 0. The van der Waals surface area contributed by atoms with E-state index in [9.17, 15) is 33.9 Å². The number of primary amides is 1. The van der Waals surface area contributed by atoms with E-state index in [2.05, 4.69) is 0 Å². The van der Waals surface area contributed by atoms with Crippen molar-refractivity contribution in [3.05, 3.63) is 0 Å². The Labute approximate surface area is 158 Å². The molecule has 0 rings (SSSR count). The van der Waals surface area contributed by atoms with Crippen molar-refractivity contribution >= 4 is 35.6 Å². The van der Waals surface area contributed by atoms with E-state index < -0.39 is 79.2 Å².